The first-order valence-corrected chi connectivity index (χ1v) is 9.87. The minimum atomic E-state index is -0.475. The van der Waals surface area contributed by atoms with Gasteiger partial charge < -0.3 is 16.0 Å². The van der Waals surface area contributed by atoms with Crippen molar-refractivity contribution in [3.8, 4) is 0 Å². The first kappa shape index (κ1) is 18.9. The maximum atomic E-state index is 13.0. The molecular weight excluding hydrogens is 326 g/mol. The third-order valence-electron chi connectivity index (χ3n) is 6.03. The highest BCUT2D eigenvalue weighted by atomic mass is 16.2. The van der Waals surface area contributed by atoms with E-state index in [9.17, 15) is 9.59 Å². The van der Waals surface area contributed by atoms with Gasteiger partial charge in [0.2, 0.25) is 11.8 Å². The summed E-state index contributed by atoms with van der Waals surface area (Å²) in [5.41, 5.74) is 2.75. The van der Waals surface area contributed by atoms with Crippen LogP contribution in [0.2, 0.25) is 0 Å². The molecule has 0 radical (unpaired) electrons. The number of aryl methyl sites for hydroxylation is 2. The Labute approximate surface area is 156 Å². The van der Waals surface area contributed by atoms with E-state index in [-0.39, 0.29) is 11.8 Å². The van der Waals surface area contributed by atoms with E-state index in [2.05, 4.69) is 22.9 Å². The average molecular weight is 357 g/mol. The second-order valence-corrected chi connectivity index (χ2v) is 8.01. The average Bonchev–Trinajstić information content (AvgIpc) is 3.29. The predicted octanol–water partition coefficient (Wildman–Crippen LogP) is 3.06. The maximum absolute atomic E-state index is 13.0. The van der Waals surface area contributed by atoms with Crippen LogP contribution in [0.3, 0.4) is 0 Å². The van der Waals surface area contributed by atoms with Crippen molar-refractivity contribution in [3.63, 3.8) is 0 Å². The Morgan fingerprint density at radius 2 is 1.92 bits per heavy atom. The normalized spacial score (nSPS) is 21.5. The molecule has 2 amide bonds. The number of nitrogens with one attached hydrogen (secondary N) is 3. The number of benzene rings is 1. The molecule has 5 heteroatoms. The molecule has 142 valence electrons. The van der Waals surface area contributed by atoms with Gasteiger partial charge in [0.25, 0.3) is 0 Å². The molecule has 0 aromatic heterocycles. The van der Waals surface area contributed by atoms with Crippen LogP contribution < -0.4 is 16.0 Å². The molecule has 1 aromatic rings. The first-order chi connectivity index (χ1) is 12.5. The fourth-order valence-electron chi connectivity index (χ4n) is 4.11. The standard InChI is InChI=1S/C21H31N3O2/c1-15-7-8-18(12-16(15)2)24-20(26)21(9-3-4-10-21)14-23-19(25)13-17-6-5-11-22-17/h7-8,12,17,22H,3-6,9-11,13-14H2,1-2H3,(H,23,25)(H,24,26). The molecule has 2 fully saturated rings. The largest absolute Gasteiger partial charge is 0.355 e. The summed E-state index contributed by atoms with van der Waals surface area (Å²) in [5.74, 6) is 0.0900. The quantitative estimate of drug-likeness (QED) is 0.733. The fourth-order valence-corrected chi connectivity index (χ4v) is 4.11. The molecule has 0 bridgehead atoms. The lowest BCUT2D eigenvalue weighted by molar-refractivity contribution is -0.126. The Morgan fingerprint density at radius 3 is 2.58 bits per heavy atom. The smallest absolute Gasteiger partial charge is 0.232 e. The van der Waals surface area contributed by atoms with Crippen molar-refractivity contribution in [1.29, 1.82) is 0 Å². The highest BCUT2D eigenvalue weighted by Gasteiger charge is 2.41. The minimum absolute atomic E-state index is 0.0394. The van der Waals surface area contributed by atoms with Crippen molar-refractivity contribution in [2.45, 2.75) is 64.8 Å². The van der Waals surface area contributed by atoms with E-state index in [0.29, 0.717) is 19.0 Å². The zero-order valence-corrected chi connectivity index (χ0v) is 16.0. The summed E-state index contributed by atoms with van der Waals surface area (Å²) in [4.78, 5) is 25.3. The lowest BCUT2D eigenvalue weighted by Crippen LogP contribution is -2.45. The number of carbonyl (C=O) groups excluding carboxylic acids is 2. The van der Waals surface area contributed by atoms with Crippen LogP contribution >= 0.6 is 0 Å². The van der Waals surface area contributed by atoms with Crippen LogP contribution in [0, 0.1) is 19.3 Å². The fraction of sp³-hybridized carbons (Fsp3) is 0.619. The molecule has 3 N–H and O–H groups in total. The zero-order chi connectivity index (χ0) is 18.6. The molecule has 26 heavy (non-hydrogen) atoms. The monoisotopic (exact) mass is 357 g/mol. The van der Waals surface area contributed by atoms with Gasteiger partial charge in [-0.2, -0.15) is 0 Å². The lowest BCUT2D eigenvalue weighted by atomic mass is 9.84. The lowest BCUT2D eigenvalue weighted by Gasteiger charge is -2.28. The van der Waals surface area contributed by atoms with Crippen LogP contribution in [0.5, 0.6) is 0 Å². The van der Waals surface area contributed by atoms with Crippen LogP contribution in [0.15, 0.2) is 18.2 Å². The number of carbonyl (C=O) groups is 2. The molecule has 1 unspecified atom stereocenters. The molecular formula is C21H31N3O2. The molecule has 0 spiro atoms. The topological polar surface area (TPSA) is 70.2 Å². The third-order valence-corrected chi connectivity index (χ3v) is 6.03. The van der Waals surface area contributed by atoms with E-state index < -0.39 is 5.41 Å². The van der Waals surface area contributed by atoms with Gasteiger partial charge in [0, 0.05) is 24.7 Å². The van der Waals surface area contributed by atoms with Gasteiger partial charge in [-0.3, -0.25) is 9.59 Å². The van der Waals surface area contributed by atoms with Gasteiger partial charge in [-0.1, -0.05) is 18.9 Å². The van der Waals surface area contributed by atoms with Crippen LogP contribution in [0.1, 0.15) is 56.1 Å². The van der Waals surface area contributed by atoms with Gasteiger partial charge >= 0.3 is 0 Å². The molecule has 3 rings (SSSR count). The number of anilines is 1. The molecule has 1 aliphatic heterocycles. The molecule has 1 aliphatic carbocycles. The molecule has 1 aromatic carbocycles. The molecule has 1 saturated heterocycles. The van der Waals surface area contributed by atoms with Gasteiger partial charge in [0.05, 0.1) is 5.41 Å². The summed E-state index contributed by atoms with van der Waals surface area (Å²) >= 11 is 0. The Balaban J connectivity index is 1.59. The summed E-state index contributed by atoms with van der Waals surface area (Å²) in [6, 6.07) is 6.29. The third kappa shape index (κ3) is 4.44. The van der Waals surface area contributed by atoms with Crippen LogP contribution in [-0.4, -0.2) is 30.9 Å². The van der Waals surface area contributed by atoms with Crippen molar-refractivity contribution in [1.82, 2.24) is 10.6 Å². The summed E-state index contributed by atoms with van der Waals surface area (Å²) in [6.07, 6.45) is 6.47. The molecule has 1 atom stereocenters. The van der Waals surface area contributed by atoms with Crippen molar-refractivity contribution in [3.05, 3.63) is 29.3 Å². The van der Waals surface area contributed by atoms with E-state index in [0.717, 1.165) is 50.8 Å². The number of hydrogen-bond acceptors (Lipinski definition) is 3. The van der Waals surface area contributed by atoms with E-state index in [1.54, 1.807) is 0 Å². The number of amides is 2. The van der Waals surface area contributed by atoms with Gasteiger partial charge in [-0.15, -0.1) is 0 Å². The minimum Gasteiger partial charge on any atom is -0.355 e. The molecule has 5 nitrogen and oxygen atoms in total. The van der Waals surface area contributed by atoms with Crippen LogP contribution in [0.25, 0.3) is 0 Å². The Kier molecular flexibility index (Phi) is 5.97. The Bertz CT molecular complexity index is 659. The second kappa shape index (κ2) is 8.21. The van der Waals surface area contributed by atoms with Crippen LogP contribution in [0.4, 0.5) is 5.69 Å². The zero-order valence-electron chi connectivity index (χ0n) is 16.0. The predicted molar refractivity (Wildman–Crippen MR) is 104 cm³/mol. The highest BCUT2D eigenvalue weighted by molar-refractivity contribution is 5.96. The summed E-state index contributed by atoms with van der Waals surface area (Å²) in [7, 11) is 0. The summed E-state index contributed by atoms with van der Waals surface area (Å²) < 4.78 is 0. The number of rotatable bonds is 6. The van der Waals surface area contributed by atoms with Gasteiger partial charge in [0.15, 0.2) is 0 Å². The van der Waals surface area contributed by atoms with Gasteiger partial charge in [-0.05, 0) is 69.3 Å². The van der Waals surface area contributed by atoms with Crippen molar-refractivity contribution in [2.24, 2.45) is 5.41 Å². The first-order valence-electron chi connectivity index (χ1n) is 9.87. The van der Waals surface area contributed by atoms with E-state index in [4.69, 9.17) is 0 Å². The van der Waals surface area contributed by atoms with E-state index in [1.807, 2.05) is 25.1 Å². The van der Waals surface area contributed by atoms with Gasteiger partial charge in [-0.25, -0.2) is 0 Å². The van der Waals surface area contributed by atoms with Crippen molar-refractivity contribution >= 4 is 17.5 Å². The maximum Gasteiger partial charge on any atom is 0.232 e. The van der Waals surface area contributed by atoms with Gasteiger partial charge in [0.1, 0.15) is 0 Å². The Morgan fingerprint density at radius 1 is 1.15 bits per heavy atom. The van der Waals surface area contributed by atoms with E-state index in [1.165, 1.54) is 11.1 Å². The summed E-state index contributed by atoms with van der Waals surface area (Å²) in [5, 5.41) is 9.48. The molecule has 1 heterocycles. The molecule has 2 aliphatic rings. The Hall–Kier alpha value is -1.88. The van der Waals surface area contributed by atoms with Crippen LogP contribution in [-0.2, 0) is 9.59 Å². The second-order valence-electron chi connectivity index (χ2n) is 8.01. The van der Waals surface area contributed by atoms with E-state index >= 15 is 0 Å². The van der Waals surface area contributed by atoms with Crippen molar-refractivity contribution < 1.29 is 9.59 Å². The SMILES string of the molecule is Cc1ccc(NC(=O)C2(CNC(=O)CC3CCCN3)CCCC2)cc1C. The molecule has 1 saturated carbocycles. The number of hydrogen-bond donors (Lipinski definition) is 3. The summed E-state index contributed by atoms with van der Waals surface area (Å²) in [6.45, 7) is 5.55. The van der Waals surface area contributed by atoms with Crippen molar-refractivity contribution in [2.75, 3.05) is 18.4 Å². The highest BCUT2D eigenvalue weighted by Crippen LogP contribution is 2.38.